The SMILES string of the molecule is CN=C(NCCCn1cnc2ccccc21)NCc1ccccc1C. The van der Waals surface area contributed by atoms with Crippen LogP contribution in [0.5, 0.6) is 0 Å². The lowest BCUT2D eigenvalue weighted by atomic mass is 10.1. The Balaban J connectivity index is 1.45. The number of guanidine groups is 1. The summed E-state index contributed by atoms with van der Waals surface area (Å²) in [7, 11) is 1.80. The van der Waals surface area contributed by atoms with E-state index >= 15 is 0 Å². The van der Waals surface area contributed by atoms with Gasteiger partial charge in [-0.1, -0.05) is 36.4 Å². The van der Waals surface area contributed by atoms with Gasteiger partial charge in [-0.05, 0) is 36.6 Å². The third-order valence-electron chi connectivity index (χ3n) is 4.33. The number of hydrogen-bond donors (Lipinski definition) is 2. The molecule has 2 N–H and O–H groups in total. The van der Waals surface area contributed by atoms with Gasteiger partial charge in [0, 0.05) is 26.7 Å². The summed E-state index contributed by atoms with van der Waals surface area (Å²) in [6.07, 6.45) is 2.92. The number of nitrogens with one attached hydrogen (secondary N) is 2. The van der Waals surface area contributed by atoms with Crippen molar-refractivity contribution in [3.63, 3.8) is 0 Å². The Morgan fingerprint density at radius 1 is 1.08 bits per heavy atom. The number of nitrogens with zero attached hydrogens (tertiary/aromatic N) is 3. The lowest BCUT2D eigenvalue weighted by Crippen LogP contribution is -2.37. The number of aromatic nitrogens is 2. The molecule has 0 aliphatic carbocycles. The van der Waals surface area contributed by atoms with Gasteiger partial charge in [0.1, 0.15) is 0 Å². The van der Waals surface area contributed by atoms with Gasteiger partial charge in [-0.3, -0.25) is 4.99 Å². The van der Waals surface area contributed by atoms with Crippen molar-refractivity contribution in [2.75, 3.05) is 13.6 Å². The smallest absolute Gasteiger partial charge is 0.191 e. The number of para-hydroxylation sites is 2. The van der Waals surface area contributed by atoms with E-state index in [2.05, 4.69) is 68.5 Å². The fourth-order valence-corrected chi connectivity index (χ4v) is 2.85. The summed E-state index contributed by atoms with van der Waals surface area (Å²) in [5, 5.41) is 6.74. The Morgan fingerprint density at radius 3 is 2.72 bits per heavy atom. The van der Waals surface area contributed by atoms with Gasteiger partial charge in [-0.2, -0.15) is 0 Å². The molecule has 1 heterocycles. The first kappa shape index (κ1) is 17.0. The van der Waals surface area contributed by atoms with Crippen LogP contribution in [-0.2, 0) is 13.1 Å². The molecule has 0 aliphatic rings. The minimum Gasteiger partial charge on any atom is -0.356 e. The Kier molecular flexibility index (Phi) is 5.67. The van der Waals surface area contributed by atoms with Gasteiger partial charge in [-0.15, -0.1) is 0 Å². The van der Waals surface area contributed by atoms with Crippen LogP contribution in [-0.4, -0.2) is 29.1 Å². The summed E-state index contributed by atoms with van der Waals surface area (Å²) in [4.78, 5) is 8.72. The summed E-state index contributed by atoms with van der Waals surface area (Å²) < 4.78 is 2.19. The predicted molar refractivity (Wildman–Crippen MR) is 104 cm³/mol. The zero-order valence-electron chi connectivity index (χ0n) is 14.9. The van der Waals surface area contributed by atoms with E-state index in [9.17, 15) is 0 Å². The van der Waals surface area contributed by atoms with Gasteiger partial charge < -0.3 is 15.2 Å². The second kappa shape index (κ2) is 8.33. The number of fused-ring (bicyclic) bond motifs is 1. The fourth-order valence-electron chi connectivity index (χ4n) is 2.85. The molecule has 5 nitrogen and oxygen atoms in total. The highest BCUT2D eigenvalue weighted by molar-refractivity contribution is 5.79. The monoisotopic (exact) mass is 335 g/mol. The summed E-state index contributed by atoms with van der Waals surface area (Å²) >= 11 is 0. The quantitative estimate of drug-likeness (QED) is 0.413. The zero-order chi connectivity index (χ0) is 17.5. The molecule has 0 saturated carbocycles. The van der Waals surface area contributed by atoms with Crippen LogP contribution in [0.25, 0.3) is 11.0 Å². The summed E-state index contributed by atoms with van der Waals surface area (Å²) in [6, 6.07) is 16.6. The summed E-state index contributed by atoms with van der Waals surface area (Å²) in [6.45, 7) is 4.70. The van der Waals surface area contributed by atoms with Gasteiger partial charge in [0.25, 0.3) is 0 Å². The van der Waals surface area contributed by atoms with Gasteiger partial charge in [-0.25, -0.2) is 4.98 Å². The molecule has 0 fully saturated rings. The average molecular weight is 335 g/mol. The van der Waals surface area contributed by atoms with Crippen molar-refractivity contribution < 1.29 is 0 Å². The van der Waals surface area contributed by atoms with Crippen molar-refractivity contribution in [3.8, 4) is 0 Å². The molecule has 0 atom stereocenters. The maximum Gasteiger partial charge on any atom is 0.191 e. The molecular weight excluding hydrogens is 310 g/mol. The van der Waals surface area contributed by atoms with E-state index < -0.39 is 0 Å². The van der Waals surface area contributed by atoms with Crippen molar-refractivity contribution in [1.82, 2.24) is 20.2 Å². The highest BCUT2D eigenvalue weighted by Gasteiger charge is 2.02. The lowest BCUT2D eigenvalue weighted by Gasteiger charge is -2.13. The van der Waals surface area contributed by atoms with Crippen LogP contribution >= 0.6 is 0 Å². The van der Waals surface area contributed by atoms with Gasteiger partial charge in [0.05, 0.1) is 17.4 Å². The molecule has 25 heavy (non-hydrogen) atoms. The van der Waals surface area contributed by atoms with E-state index in [0.717, 1.165) is 37.5 Å². The van der Waals surface area contributed by atoms with Crippen molar-refractivity contribution in [3.05, 3.63) is 66.0 Å². The Bertz CT molecular complexity index is 850. The second-order valence-corrected chi connectivity index (χ2v) is 6.06. The molecule has 130 valence electrons. The molecule has 2 aromatic carbocycles. The summed E-state index contributed by atoms with van der Waals surface area (Å²) in [5.41, 5.74) is 4.81. The Labute approximate surface area is 148 Å². The van der Waals surface area contributed by atoms with E-state index in [-0.39, 0.29) is 0 Å². The maximum atomic E-state index is 4.43. The molecule has 5 heteroatoms. The molecule has 0 unspecified atom stereocenters. The average Bonchev–Trinajstić information content (AvgIpc) is 3.05. The standard InChI is InChI=1S/C20H25N5/c1-16-8-3-4-9-17(16)14-23-20(21-2)22-12-7-13-25-15-24-18-10-5-6-11-19(18)25/h3-6,8-11,15H,7,12-14H2,1-2H3,(H2,21,22,23). The van der Waals surface area contributed by atoms with Crippen LogP contribution in [0.2, 0.25) is 0 Å². The van der Waals surface area contributed by atoms with Crippen LogP contribution in [0.15, 0.2) is 59.9 Å². The number of aliphatic imine (C=N–C) groups is 1. The normalized spacial score (nSPS) is 11.7. The van der Waals surface area contributed by atoms with Crippen LogP contribution in [0.1, 0.15) is 17.5 Å². The number of imidazole rings is 1. The minimum atomic E-state index is 0.776. The van der Waals surface area contributed by atoms with E-state index in [1.165, 1.54) is 16.6 Å². The number of rotatable bonds is 6. The molecule has 3 aromatic rings. The topological polar surface area (TPSA) is 54.2 Å². The molecule has 1 aromatic heterocycles. The molecule has 0 radical (unpaired) electrons. The first-order chi connectivity index (χ1) is 12.3. The molecule has 0 aliphatic heterocycles. The largest absolute Gasteiger partial charge is 0.356 e. The lowest BCUT2D eigenvalue weighted by molar-refractivity contribution is 0.637. The molecule has 0 amide bonds. The highest BCUT2D eigenvalue weighted by atomic mass is 15.2. The highest BCUT2D eigenvalue weighted by Crippen LogP contribution is 2.11. The molecule has 0 bridgehead atoms. The van der Waals surface area contributed by atoms with Crippen molar-refractivity contribution >= 4 is 17.0 Å². The predicted octanol–water partition coefficient (Wildman–Crippen LogP) is 3.10. The number of hydrogen-bond acceptors (Lipinski definition) is 2. The molecule has 0 spiro atoms. The van der Waals surface area contributed by atoms with Crippen LogP contribution < -0.4 is 10.6 Å². The Morgan fingerprint density at radius 2 is 1.88 bits per heavy atom. The summed E-state index contributed by atoms with van der Waals surface area (Å²) in [5.74, 6) is 0.832. The van der Waals surface area contributed by atoms with Crippen molar-refractivity contribution in [2.24, 2.45) is 4.99 Å². The fraction of sp³-hybridized carbons (Fsp3) is 0.300. The number of aryl methyl sites for hydroxylation is 2. The van der Waals surface area contributed by atoms with Gasteiger partial charge in [0.15, 0.2) is 5.96 Å². The maximum absolute atomic E-state index is 4.43. The van der Waals surface area contributed by atoms with Crippen LogP contribution in [0.4, 0.5) is 0 Å². The molecule has 3 rings (SSSR count). The number of benzene rings is 2. The van der Waals surface area contributed by atoms with E-state index in [1.54, 1.807) is 7.05 Å². The van der Waals surface area contributed by atoms with E-state index in [0.29, 0.717) is 0 Å². The third kappa shape index (κ3) is 4.38. The van der Waals surface area contributed by atoms with Gasteiger partial charge >= 0.3 is 0 Å². The second-order valence-electron chi connectivity index (χ2n) is 6.06. The third-order valence-corrected chi connectivity index (χ3v) is 4.33. The Hall–Kier alpha value is -2.82. The van der Waals surface area contributed by atoms with Crippen LogP contribution in [0.3, 0.4) is 0 Å². The van der Waals surface area contributed by atoms with Crippen molar-refractivity contribution in [1.29, 1.82) is 0 Å². The molecule has 0 saturated heterocycles. The zero-order valence-corrected chi connectivity index (χ0v) is 14.9. The van der Waals surface area contributed by atoms with E-state index in [4.69, 9.17) is 0 Å². The van der Waals surface area contributed by atoms with Crippen molar-refractivity contribution in [2.45, 2.75) is 26.4 Å². The van der Waals surface area contributed by atoms with Crippen LogP contribution in [0, 0.1) is 6.92 Å². The first-order valence-corrected chi connectivity index (χ1v) is 8.67. The van der Waals surface area contributed by atoms with Gasteiger partial charge in [0.2, 0.25) is 0 Å². The van der Waals surface area contributed by atoms with E-state index in [1.807, 2.05) is 18.5 Å². The first-order valence-electron chi connectivity index (χ1n) is 8.67. The molecular formula is C20H25N5. The minimum absolute atomic E-state index is 0.776.